The summed E-state index contributed by atoms with van der Waals surface area (Å²) in [6.07, 6.45) is 0. The molecule has 0 bridgehead atoms. The highest BCUT2D eigenvalue weighted by molar-refractivity contribution is 6.33. The van der Waals surface area contributed by atoms with Crippen molar-refractivity contribution in [3.8, 4) is 11.4 Å². The molecule has 0 aliphatic heterocycles. The molecule has 30 heavy (non-hydrogen) atoms. The van der Waals surface area contributed by atoms with Crippen LogP contribution in [0.1, 0.15) is 11.3 Å². The standard InChI is InChI=1S/C23H17ClFN5/c1-14-22-28-29-23(18-4-2-3-5-19(18)24)30(22)21-12-17(10-11-20(21)27-14)26-13-15-6-8-16(25)9-7-15/h2-12,26H,13H2,1H3. The molecule has 0 aliphatic carbocycles. The Kier molecular flexibility index (Phi) is 4.56. The van der Waals surface area contributed by atoms with Crippen LogP contribution in [0.3, 0.4) is 0 Å². The molecule has 0 aliphatic rings. The van der Waals surface area contributed by atoms with Gasteiger partial charge < -0.3 is 5.32 Å². The van der Waals surface area contributed by atoms with Gasteiger partial charge in [-0.05, 0) is 55.0 Å². The van der Waals surface area contributed by atoms with E-state index in [0.29, 0.717) is 23.0 Å². The maximum Gasteiger partial charge on any atom is 0.183 e. The number of fused-ring (bicyclic) bond motifs is 3. The maximum absolute atomic E-state index is 13.1. The molecule has 7 heteroatoms. The monoisotopic (exact) mass is 417 g/mol. The fraction of sp³-hybridized carbons (Fsp3) is 0.0870. The highest BCUT2D eigenvalue weighted by Gasteiger charge is 2.16. The molecule has 0 radical (unpaired) electrons. The fourth-order valence-electron chi connectivity index (χ4n) is 3.51. The average Bonchev–Trinajstić information content (AvgIpc) is 3.20. The topological polar surface area (TPSA) is 55.1 Å². The Bertz CT molecular complexity index is 1380. The van der Waals surface area contributed by atoms with Crippen LogP contribution >= 0.6 is 11.6 Å². The zero-order valence-electron chi connectivity index (χ0n) is 16.1. The van der Waals surface area contributed by atoms with Crippen LogP contribution in [0.25, 0.3) is 28.1 Å². The van der Waals surface area contributed by atoms with Gasteiger partial charge in [-0.1, -0.05) is 35.9 Å². The maximum atomic E-state index is 13.1. The van der Waals surface area contributed by atoms with E-state index in [4.69, 9.17) is 11.6 Å². The van der Waals surface area contributed by atoms with E-state index in [1.54, 1.807) is 12.1 Å². The quantitative estimate of drug-likeness (QED) is 0.410. The third-order valence-electron chi connectivity index (χ3n) is 5.02. The van der Waals surface area contributed by atoms with Crippen LogP contribution in [-0.2, 0) is 6.54 Å². The molecule has 0 saturated heterocycles. The van der Waals surface area contributed by atoms with E-state index in [-0.39, 0.29) is 5.82 Å². The summed E-state index contributed by atoms with van der Waals surface area (Å²) in [7, 11) is 0. The molecule has 5 nitrogen and oxygen atoms in total. The van der Waals surface area contributed by atoms with Crippen LogP contribution in [0.4, 0.5) is 10.1 Å². The Hall–Kier alpha value is -3.51. The van der Waals surface area contributed by atoms with Crippen LogP contribution in [0, 0.1) is 12.7 Å². The Balaban J connectivity index is 1.62. The summed E-state index contributed by atoms with van der Waals surface area (Å²) in [4.78, 5) is 4.68. The lowest BCUT2D eigenvalue weighted by molar-refractivity contribution is 0.627. The minimum atomic E-state index is -0.243. The molecule has 3 aromatic carbocycles. The molecule has 2 aromatic heterocycles. The first kappa shape index (κ1) is 18.5. The highest BCUT2D eigenvalue weighted by Crippen LogP contribution is 2.30. The number of nitrogens with one attached hydrogen (secondary N) is 1. The number of anilines is 1. The van der Waals surface area contributed by atoms with E-state index in [0.717, 1.165) is 33.5 Å². The van der Waals surface area contributed by atoms with Crippen molar-refractivity contribution in [3.05, 3.63) is 88.8 Å². The van der Waals surface area contributed by atoms with Crippen molar-refractivity contribution in [2.24, 2.45) is 0 Å². The Morgan fingerprint density at radius 2 is 1.80 bits per heavy atom. The zero-order valence-corrected chi connectivity index (χ0v) is 16.9. The molecular formula is C23H17ClFN5. The second-order valence-electron chi connectivity index (χ2n) is 7.04. The number of halogens is 2. The van der Waals surface area contributed by atoms with Crippen molar-refractivity contribution < 1.29 is 4.39 Å². The molecule has 0 fully saturated rings. The van der Waals surface area contributed by atoms with E-state index >= 15 is 0 Å². The van der Waals surface area contributed by atoms with E-state index in [9.17, 15) is 4.39 Å². The normalized spacial score (nSPS) is 11.3. The lowest BCUT2D eigenvalue weighted by Crippen LogP contribution is -2.02. The van der Waals surface area contributed by atoms with Crippen LogP contribution in [-0.4, -0.2) is 19.6 Å². The van der Waals surface area contributed by atoms with Gasteiger partial charge in [-0.2, -0.15) is 0 Å². The van der Waals surface area contributed by atoms with Crippen molar-refractivity contribution in [3.63, 3.8) is 0 Å². The number of nitrogens with zero attached hydrogens (tertiary/aromatic N) is 4. The molecule has 5 aromatic rings. The van der Waals surface area contributed by atoms with Crippen molar-refractivity contribution in [1.82, 2.24) is 19.6 Å². The van der Waals surface area contributed by atoms with Crippen LogP contribution in [0.5, 0.6) is 0 Å². The molecule has 0 spiro atoms. The number of benzene rings is 3. The lowest BCUT2D eigenvalue weighted by atomic mass is 10.2. The summed E-state index contributed by atoms with van der Waals surface area (Å²) in [6, 6.07) is 20.0. The molecule has 0 amide bonds. The Labute approximate surface area is 177 Å². The molecule has 0 unspecified atom stereocenters. The van der Waals surface area contributed by atoms with Gasteiger partial charge in [0.25, 0.3) is 0 Å². The highest BCUT2D eigenvalue weighted by atomic mass is 35.5. The van der Waals surface area contributed by atoms with Crippen LogP contribution in [0.2, 0.25) is 5.02 Å². The minimum absolute atomic E-state index is 0.243. The Morgan fingerprint density at radius 3 is 2.60 bits per heavy atom. The Morgan fingerprint density at radius 1 is 1.00 bits per heavy atom. The summed E-state index contributed by atoms with van der Waals surface area (Å²) < 4.78 is 15.1. The second-order valence-corrected chi connectivity index (χ2v) is 7.45. The molecule has 0 saturated carbocycles. The van der Waals surface area contributed by atoms with E-state index in [1.807, 2.05) is 53.8 Å². The third kappa shape index (κ3) is 3.25. The van der Waals surface area contributed by atoms with Crippen LogP contribution in [0.15, 0.2) is 66.7 Å². The molecular weight excluding hydrogens is 401 g/mol. The van der Waals surface area contributed by atoms with Gasteiger partial charge in [0.1, 0.15) is 5.82 Å². The van der Waals surface area contributed by atoms with E-state index < -0.39 is 0 Å². The molecule has 0 atom stereocenters. The average molecular weight is 418 g/mol. The van der Waals surface area contributed by atoms with Gasteiger partial charge in [0, 0.05) is 17.8 Å². The van der Waals surface area contributed by atoms with Crippen molar-refractivity contribution >= 4 is 34.0 Å². The van der Waals surface area contributed by atoms with Gasteiger partial charge in [-0.3, -0.25) is 4.40 Å². The van der Waals surface area contributed by atoms with Gasteiger partial charge in [-0.25, -0.2) is 9.37 Å². The van der Waals surface area contributed by atoms with E-state index in [1.165, 1.54) is 12.1 Å². The van der Waals surface area contributed by atoms with Gasteiger partial charge in [0.05, 0.1) is 21.7 Å². The summed E-state index contributed by atoms with van der Waals surface area (Å²) in [6.45, 7) is 2.49. The van der Waals surface area contributed by atoms with E-state index in [2.05, 4.69) is 20.5 Å². The largest absolute Gasteiger partial charge is 0.381 e. The summed E-state index contributed by atoms with van der Waals surface area (Å²) in [5, 5.41) is 12.7. The first-order valence-electron chi connectivity index (χ1n) is 9.49. The van der Waals surface area contributed by atoms with Gasteiger partial charge >= 0.3 is 0 Å². The van der Waals surface area contributed by atoms with Crippen molar-refractivity contribution in [2.75, 3.05) is 5.32 Å². The second kappa shape index (κ2) is 7.39. The zero-order chi connectivity index (χ0) is 20.7. The summed E-state index contributed by atoms with van der Waals surface area (Å²) in [5.74, 6) is 0.426. The molecule has 2 heterocycles. The first-order chi connectivity index (χ1) is 14.6. The minimum Gasteiger partial charge on any atom is -0.381 e. The number of hydrogen-bond donors (Lipinski definition) is 1. The third-order valence-corrected chi connectivity index (χ3v) is 5.35. The lowest BCUT2D eigenvalue weighted by Gasteiger charge is -2.11. The van der Waals surface area contributed by atoms with Crippen LogP contribution < -0.4 is 5.32 Å². The van der Waals surface area contributed by atoms with Crippen molar-refractivity contribution in [1.29, 1.82) is 0 Å². The number of aromatic nitrogens is 4. The molecule has 148 valence electrons. The van der Waals surface area contributed by atoms with Gasteiger partial charge in [0.2, 0.25) is 0 Å². The molecule has 1 N–H and O–H groups in total. The van der Waals surface area contributed by atoms with Gasteiger partial charge in [0.15, 0.2) is 11.5 Å². The predicted octanol–water partition coefficient (Wildman–Crippen LogP) is 5.66. The SMILES string of the molecule is Cc1nc2ccc(NCc3ccc(F)cc3)cc2n2c(-c3ccccc3Cl)nnc12. The fourth-order valence-corrected chi connectivity index (χ4v) is 3.73. The molecule has 5 rings (SSSR count). The number of rotatable bonds is 4. The predicted molar refractivity (Wildman–Crippen MR) is 117 cm³/mol. The van der Waals surface area contributed by atoms with Gasteiger partial charge in [-0.15, -0.1) is 10.2 Å². The summed E-state index contributed by atoms with van der Waals surface area (Å²) in [5.41, 5.74) is 5.90. The summed E-state index contributed by atoms with van der Waals surface area (Å²) >= 11 is 6.43. The number of aryl methyl sites for hydroxylation is 1. The first-order valence-corrected chi connectivity index (χ1v) is 9.87. The smallest absolute Gasteiger partial charge is 0.183 e. The van der Waals surface area contributed by atoms with Crippen molar-refractivity contribution in [2.45, 2.75) is 13.5 Å². The number of hydrogen-bond acceptors (Lipinski definition) is 4.